The molecule has 1 aromatic carbocycles. The molecule has 2 aliphatic heterocycles. The lowest BCUT2D eigenvalue weighted by molar-refractivity contribution is -0.125. The van der Waals surface area contributed by atoms with Gasteiger partial charge < -0.3 is 10.2 Å². The van der Waals surface area contributed by atoms with Crippen LogP contribution in [0, 0.1) is 30.6 Å². The van der Waals surface area contributed by atoms with Crippen LogP contribution in [0.2, 0.25) is 0 Å². The Morgan fingerprint density at radius 1 is 1.17 bits per heavy atom. The molecule has 9 nitrogen and oxygen atoms in total. The lowest BCUT2D eigenvalue weighted by Crippen LogP contribution is -2.44. The smallest absolute Gasteiger partial charge is 0.264 e. The molecule has 1 saturated heterocycles. The van der Waals surface area contributed by atoms with Crippen LogP contribution < -0.4 is 10.2 Å². The van der Waals surface area contributed by atoms with Crippen molar-refractivity contribution in [3.8, 4) is 0 Å². The molecule has 1 N–H and O–H groups in total. The van der Waals surface area contributed by atoms with E-state index in [1.807, 2.05) is 6.07 Å². The van der Waals surface area contributed by atoms with Crippen molar-refractivity contribution in [2.45, 2.75) is 39.2 Å². The number of benzene rings is 1. The van der Waals surface area contributed by atoms with Crippen LogP contribution in [0.5, 0.6) is 0 Å². The van der Waals surface area contributed by atoms with Crippen molar-refractivity contribution in [3.05, 3.63) is 52.9 Å². The van der Waals surface area contributed by atoms with E-state index >= 15 is 0 Å². The number of carbonyl (C=O) groups is 3. The minimum atomic E-state index is -0.348. The molecule has 3 amide bonds. The van der Waals surface area contributed by atoms with E-state index < -0.39 is 0 Å². The number of amides is 3. The zero-order chi connectivity index (χ0) is 24.1. The molecule has 2 fully saturated rings. The highest BCUT2D eigenvalue weighted by molar-refractivity contribution is 6.23. The number of rotatable bonds is 6. The average molecular weight is 476 g/mol. The fourth-order valence-electron chi connectivity index (χ4n) is 6.18. The van der Waals surface area contributed by atoms with Crippen LogP contribution in [0.3, 0.4) is 0 Å². The van der Waals surface area contributed by atoms with Gasteiger partial charge >= 0.3 is 0 Å². The molecule has 0 spiro atoms. The van der Waals surface area contributed by atoms with E-state index in [4.69, 9.17) is 4.63 Å². The fraction of sp³-hybridized carbons (Fsp3) is 0.500. The molecule has 3 heterocycles. The first-order valence-electron chi connectivity index (χ1n) is 12.5. The van der Waals surface area contributed by atoms with E-state index in [1.165, 1.54) is 17.7 Å². The monoisotopic (exact) mass is 475 g/mol. The molecule has 0 unspecified atom stereocenters. The van der Waals surface area contributed by atoms with Crippen LogP contribution in [0.15, 0.2) is 35.0 Å². The maximum absolute atomic E-state index is 13.4. The highest BCUT2D eigenvalue weighted by Gasteiger charge is 2.40. The Kier molecular flexibility index (Phi) is 5.42. The van der Waals surface area contributed by atoms with E-state index in [1.54, 1.807) is 19.1 Å². The number of imide groups is 1. The number of anilines is 1. The van der Waals surface area contributed by atoms with Crippen molar-refractivity contribution in [1.82, 2.24) is 20.5 Å². The third-order valence-electron chi connectivity index (χ3n) is 8.12. The van der Waals surface area contributed by atoms with Gasteiger partial charge in [-0.3, -0.25) is 19.3 Å². The topological polar surface area (TPSA) is 109 Å². The lowest BCUT2D eigenvalue weighted by Gasteiger charge is -2.34. The number of hydrogen-bond acceptors (Lipinski definition) is 7. The first-order valence-corrected chi connectivity index (χ1v) is 12.5. The molecule has 1 aromatic heterocycles. The van der Waals surface area contributed by atoms with E-state index in [0.29, 0.717) is 52.5 Å². The third-order valence-corrected chi connectivity index (χ3v) is 8.12. The Morgan fingerprint density at radius 2 is 2.06 bits per heavy atom. The van der Waals surface area contributed by atoms with Gasteiger partial charge in [0, 0.05) is 19.6 Å². The summed E-state index contributed by atoms with van der Waals surface area (Å²) in [6.45, 7) is 3.75. The lowest BCUT2D eigenvalue weighted by atomic mass is 9.92. The zero-order valence-corrected chi connectivity index (χ0v) is 19.8. The number of aryl methyl sites for hydroxylation is 1. The molecule has 4 atom stereocenters. The standard InChI is InChI=1S/C26H29N5O4/c1-15-21(29-35-28-15)14-31-25(33)20-5-2-6-22(23(20)26(31)34)30-9-3-4-18(13-30)24(32)27-12-19-11-16-7-8-17(19)10-16/h2,5-8,16-19H,3-4,9-14H2,1H3,(H,27,32)/t16-,17+,18+,19-/m1/s1. The van der Waals surface area contributed by atoms with Crippen LogP contribution in [0.25, 0.3) is 0 Å². The molecule has 6 rings (SSSR count). The summed E-state index contributed by atoms with van der Waals surface area (Å²) in [7, 11) is 0. The molecule has 2 aromatic rings. The Bertz CT molecular complexity index is 1220. The van der Waals surface area contributed by atoms with Gasteiger partial charge in [0.25, 0.3) is 11.8 Å². The molecule has 2 bridgehead atoms. The first-order chi connectivity index (χ1) is 17.0. The average Bonchev–Trinajstić information content (AvgIpc) is 3.65. The first kappa shape index (κ1) is 22.0. The molecular weight excluding hydrogens is 446 g/mol. The highest BCUT2D eigenvalue weighted by Crippen LogP contribution is 2.43. The Hall–Kier alpha value is -3.49. The summed E-state index contributed by atoms with van der Waals surface area (Å²) in [5.41, 5.74) is 2.52. The Balaban J connectivity index is 1.16. The SMILES string of the molecule is Cc1nonc1CN1C(=O)c2cccc(N3CCC[C@H](C(=O)NC[C@H]4C[C@@H]5C=C[C@H]4C5)C3)c2C1=O. The molecule has 35 heavy (non-hydrogen) atoms. The van der Waals surface area contributed by atoms with E-state index in [-0.39, 0.29) is 30.2 Å². The second kappa shape index (κ2) is 8.62. The van der Waals surface area contributed by atoms with Crippen LogP contribution in [-0.4, -0.2) is 52.6 Å². The van der Waals surface area contributed by atoms with Gasteiger partial charge in [-0.2, -0.15) is 0 Å². The summed E-state index contributed by atoms with van der Waals surface area (Å²) in [5.74, 6) is 1.10. The van der Waals surface area contributed by atoms with Gasteiger partial charge in [0.05, 0.1) is 29.3 Å². The van der Waals surface area contributed by atoms with E-state index in [2.05, 4.69) is 32.7 Å². The van der Waals surface area contributed by atoms with Crippen LogP contribution in [-0.2, 0) is 11.3 Å². The normalized spacial score (nSPS) is 27.1. The molecule has 4 aliphatic rings. The van der Waals surface area contributed by atoms with Gasteiger partial charge in [0.2, 0.25) is 5.91 Å². The second-order valence-electron chi connectivity index (χ2n) is 10.3. The maximum atomic E-state index is 13.4. The quantitative estimate of drug-likeness (QED) is 0.505. The number of nitrogens with zero attached hydrogens (tertiary/aromatic N) is 4. The number of hydrogen-bond donors (Lipinski definition) is 1. The predicted molar refractivity (Wildman–Crippen MR) is 126 cm³/mol. The van der Waals surface area contributed by atoms with Gasteiger partial charge in [-0.25, -0.2) is 4.63 Å². The number of piperidine rings is 1. The number of allylic oxidation sites excluding steroid dienone is 2. The largest absolute Gasteiger partial charge is 0.370 e. The van der Waals surface area contributed by atoms with Crippen molar-refractivity contribution < 1.29 is 19.0 Å². The third kappa shape index (κ3) is 3.83. The number of carbonyl (C=O) groups excluding carboxylic acids is 3. The van der Waals surface area contributed by atoms with Crippen molar-refractivity contribution in [1.29, 1.82) is 0 Å². The molecular formula is C26H29N5O4. The summed E-state index contributed by atoms with van der Waals surface area (Å²) in [4.78, 5) is 42.7. The zero-order valence-electron chi connectivity index (χ0n) is 19.8. The fourth-order valence-corrected chi connectivity index (χ4v) is 6.18. The predicted octanol–water partition coefficient (Wildman–Crippen LogP) is 2.72. The molecule has 2 aliphatic carbocycles. The summed E-state index contributed by atoms with van der Waals surface area (Å²) in [6, 6.07) is 5.36. The summed E-state index contributed by atoms with van der Waals surface area (Å²) < 4.78 is 4.72. The van der Waals surface area contributed by atoms with Crippen molar-refractivity contribution in [2.24, 2.45) is 23.7 Å². The number of nitrogens with one attached hydrogen (secondary N) is 1. The van der Waals surface area contributed by atoms with Gasteiger partial charge in [0.15, 0.2) is 0 Å². The van der Waals surface area contributed by atoms with Gasteiger partial charge in [-0.05, 0) is 62.5 Å². The summed E-state index contributed by atoms with van der Waals surface area (Å²) in [5, 5.41) is 10.8. The van der Waals surface area contributed by atoms with Gasteiger partial charge in [-0.1, -0.05) is 28.5 Å². The van der Waals surface area contributed by atoms with Crippen molar-refractivity contribution in [2.75, 3.05) is 24.5 Å². The minimum Gasteiger partial charge on any atom is -0.370 e. The van der Waals surface area contributed by atoms with Crippen LogP contribution >= 0.6 is 0 Å². The van der Waals surface area contributed by atoms with Gasteiger partial charge in [0.1, 0.15) is 11.4 Å². The number of fused-ring (bicyclic) bond motifs is 3. The van der Waals surface area contributed by atoms with Crippen LogP contribution in [0.4, 0.5) is 5.69 Å². The van der Waals surface area contributed by atoms with Gasteiger partial charge in [-0.15, -0.1) is 0 Å². The van der Waals surface area contributed by atoms with E-state index in [0.717, 1.165) is 25.9 Å². The molecule has 9 heteroatoms. The molecule has 182 valence electrons. The van der Waals surface area contributed by atoms with Crippen molar-refractivity contribution >= 4 is 23.4 Å². The second-order valence-corrected chi connectivity index (χ2v) is 10.3. The molecule has 1 saturated carbocycles. The minimum absolute atomic E-state index is 0.0182. The van der Waals surface area contributed by atoms with Crippen molar-refractivity contribution in [3.63, 3.8) is 0 Å². The summed E-state index contributed by atoms with van der Waals surface area (Å²) >= 11 is 0. The summed E-state index contributed by atoms with van der Waals surface area (Å²) in [6.07, 6.45) is 8.71. The van der Waals surface area contributed by atoms with E-state index in [9.17, 15) is 14.4 Å². The molecule has 0 radical (unpaired) electrons. The Labute approximate surface area is 203 Å². The highest BCUT2D eigenvalue weighted by atomic mass is 16.6. The van der Waals surface area contributed by atoms with Crippen LogP contribution in [0.1, 0.15) is 57.8 Å². The maximum Gasteiger partial charge on any atom is 0.264 e. The Morgan fingerprint density at radius 3 is 2.80 bits per heavy atom. The number of aromatic nitrogens is 2.